The van der Waals surface area contributed by atoms with Gasteiger partial charge < -0.3 is 9.47 Å². The van der Waals surface area contributed by atoms with E-state index >= 15 is 0 Å². The van der Waals surface area contributed by atoms with Crippen molar-refractivity contribution >= 4 is 5.97 Å². The Kier molecular flexibility index (Phi) is 3.40. The molecule has 1 aromatic rings. The molecule has 0 bridgehead atoms. The molecule has 1 heterocycles. The highest BCUT2D eigenvalue weighted by Gasteiger charge is 2.20. The molecule has 0 aromatic carbocycles. The second kappa shape index (κ2) is 4.57. The van der Waals surface area contributed by atoms with Crippen LogP contribution in [0, 0.1) is 0 Å². The standard InChI is InChI=1S/C9H11NO3/c1-12-8(9(11)13-2)7-4-3-5-10-6-7/h3-6,8H,1-2H3. The molecule has 13 heavy (non-hydrogen) atoms. The molecule has 0 saturated heterocycles. The fourth-order valence-electron chi connectivity index (χ4n) is 1.01. The maximum Gasteiger partial charge on any atom is 0.339 e. The van der Waals surface area contributed by atoms with Gasteiger partial charge in [-0.05, 0) is 6.07 Å². The van der Waals surface area contributed by atoms with Crippen LogP contribution in [0.4, 0.5) is 0 Å². The third kappa shape index (κ3) is 2.26. The van der Waals surface area contributed by atoms with E-state index in [1.165, 1.54) is 14.2 Å². The van der Waals surface area contributed by atoms with E-state index < -0.39 is 12.1 Å². The SMILES string of the molecule is COC(=O)C(OC)c1cccnc1. The first-order chi connectivity index (χ1) is 6.29. The lowest BCUT2D eigenvalue weighted by atomic mass is 10.2. The van der Waals surface area contributed by atoms with E-state index in [-0.39, 0.29) is 0 Å². The van der Waals surface area contributed by atoms with Gasteiger partial charge in [-0.3, -0.25) is 4.98 Å². The van der Waals surface area contributed by atoms with E-state index in [4.69, 9.17) is 4.74 Å². The van der Waals surface area contributed by atoms with Crippen molar-refractivity contribution in [2.24, 2.45) is 0 Å². The minimum atomic E-state index is -0.682. The van der Waals surface area contributed by atoms with Crippen LogP contribution in [0.25, 0.3) is 0 Å². The van der Waals surface area contributed by atoms with Crippen molar-refractivity contribution in [3.05, 3.63) is 30.1 Å². The highest BCUT2D eigenvalue weighted by atomic mass is 16.6. The maximum absolute atomic E-state index is 11.2. The molecule has 0 fully saturated rings. The summed E-state index contributed by atoms with van der Waals surface area (Å²) in [6.45, 7) is 0. The molecule has 0 saturated carbocycles. The normalized spacial score (nSPS) is 12.2. The van der Waals surface area contributed by atoms with Gasteiger partial charge in [-0.25, -0.2) is 4.79 Å². The molecule has 4 nitrogen and oxygen atoms in total. The Hall–Kier alpha value is -1.42. The monoisotopic (exact) mass is 181 g/mol. The molecule has 0 amide bonds. The van der Waals surface area contributed by atoms with Crippen LogP contribution in [-0.4, -0.2) is 25.2 Å². The van der Waals surface area contributed by atoms with E-state index in [1.807, 2.05) is 0 Å². The summed E-state index contributed by atoms with van der Waals surface area (Å²) in [4.78, 5) is 15.1. The summed E-state index contributed by atoms with van der Waals surface area (Å²) >= 11 is 0. The number of aromatic nitrogens is 1. The number of carbonyl (C=O) groups excluding carboxylic acids is 1. The summed E-state index contributed by atoms with van der Waals surface area (Å²) in [5.41, 5.74) is 0.692. The number of methoxy groups -OCH3 is 2. The van der Waals surface area contributed by atoms with Gasteiger partial charge in [0.05, 0.1) is 7.11 Å². The zero-order valence-corrected chi connectivity index (χ0v) is 7.56. The van der Waals surface area contributed by atoms with Crippen molar-refractivity contribution in [1.82, 2.24) is 4.98 Å². The summed E-state index contributed by atoms with van der Waals surface area (Å²) in [6, 6.07) is 3.50. The molecule has 1 rings (SSSR count). The largest absolute Gasteiger partial charge is 0.467 e. The molecular weight excluding hydrogens is 170 g/mol. The number of carbonyl (C=O) groups is 1. The highest BCUT2D eigenvalue weighted by molar-refractivity contribution is 5.76. The topological polar surface area (TPSA) is 48.4 Å². The molecule has 1 atom stereocenters. The lowest BCUT2D eigenvalue weighted by molar-refractivity contribution is -0.152. The first-order valence-corrected chi connectivity index (χ1v) is 3.80. The molecule has 70 valence electrons. The zero-order chi connectivity index (χ0) is 9.68. The number of rotatable bonds is 3. The molecule has 1 unspecified atom stereocenters. The predicted molar refractivity (Wildman–Crippen MR) is 46.0 cm³/mol. The Morgan fingerprint density at radius 2 is 2.31 bits per heavy atom. The van der Waals surface area contributed by atoms with Gasteiger partial charge in [-0.1, -0.05) is 6.07 Å². The highest BCUT2D eigenvalue weighted by Crippen LogP contribution is 2.15. The van der Waals surface area contributed by atoms with Crippen molar-refractivity contribution in [1.29, 1.82) is 0 Å². The van der Waals surface area contributed by atoms with Gasteiger partial charge in [-0.15, -0.1) is 0 Å². The van der Waals surface area contributed by atoms with Crippen LogP contribution in [0.1, 0.15) is 11.7 Å². The second-order valence-electron chi connectivity index (χ2n) is 2.43. The van der Waals surface area contributed by atoms with Crippen molar-refractivity contribution < 1.29 is 14.3 Å². The molecule has 0 N–H and O–H groups in total. The molecule has 0 aliphatic rings. The third-order valence-corrected chi connectivity index (χ3v) is 1.64. The van der Waals surface area contributed by atoms with Crippen LogP contribution < -0.4 is 0 Å². The summed E-state index contributed by atoms with van der Waals surface area (Å²) in [6.07, 6.45) is 2.53. The predicted octanol–water partition coefficient (Wildman–Crippen LogP) is 0.942. The minimum Gasteiger partial charge on any atom is -0.467 e. The van der Waals surface area contributed by atoms with E-state index in [9.17, 15) is 4.79 Å². The fraction of sp³-hybridized carbons (Fsp3) is 0.333. The molecule has 4 heteroatoms. The Morgan fingerprint density at radius 1 is 1.54 bits per heavy atom. The molecule has 0 aliphatic heterocycles. The second-order valence-corrected chi connectivity index (χ2v) is 2.43. The van der Waals surface area contributed by atoms with E-state index in [0.29, 0.717) is 5.56 Å². The molecule has 0 aliphatic carbocycles. The third-order valence-electron chi connectivity index (χ3n) is 1.64. The van der Waals surface area contributed by atoms with Crippen LogP contribution in [-0.2, 0) is 14.3 Å². The Morgan fingerprint density at radius 3 is 2.77 bits per heavy atom. The average molecular weight is 181 g/mol. The number of pyridine rings is 1. The number of esters is 1. The summed E-state index contributed by atoms with van der Waals surface area (Å²) in [5.74, 6) is -0.421. The number of hydrogen-bond acceptors (Lipinski definition) is 4. The quantitative estimate of drug-likeness (QED) is 0.651. The smallest absolute Gasteiger partial charge is 0.339 e. The minimum absolute atomic E-state index is 0.421. The van der Waals surface area contributed by atoms with Gasteiger partial charge in [0.15, 0.2) is 6.10 Å². The Bertz CT molecular complexity index is 273. The Balaban J connectivity index is 2.85. The fourth-order valence-corrected chi connectivity index (χ4v) is 1.01. The summed E-state index contributed by atoms with van der Waals surface area (Å²) < 4.78 is 9.54. The van der Waals surface area contributed by atoms with Crippen molar-refractivity contribution in [2.75, 3.05) is 14.2 Å². The van der Waals surface area contributed by atoms with Gasteiger partial charge in [0, 0.05) is 25.1 Å². The molecule has 0 radical (unpaired) electrons. The van der Waals surface area contributed by atoms with Gasteiger partial charge in [0.25, 0.3) is 0 Å². The lowest BCUT2D eigenvalue weighted by Gasteiger charge is -2.11. The number of nitrogens with zero attached hydrogens (tertiary/aromatic N) is 1. The van der Waals surface area contributed by atoms with Crippen LogP contribution in [0.3, 0.4) is 0 Å². The molecule has 1 aromatic heterocycles. The number of ether oxygens (including phenoxy) is 2. The summed E-state index contributed by atoms with van der Waals surface area (Å²) in [7, 11) is 2.78. The molecule has 0 spiro atoms. The lowest BCUT2D eigenvalue weighted by Crippen LogP contribution is -2.16. The number of hydrogen-bond donors (Lipinski definition) is 0. The van der Waals surface area contributed by atoms with Crippen LogP contribution in [0.2, 0.25) is 0 Å². The summed E-state index contributed by atoms with van der Waals surface area (Å²) in [5, 5.41) is 0. The van der Waals surface area contributed by atoms with Crippen LogP contribution in [0.15, 0.2) is 24.5 Å². The van der Waals surface area contributed by atoms with Crippen molar-refractivity contribution in [3.8, 4) is 0 Å². The van der Waals surface area contributed by atoms with Crippen LogP contribution in [0.5, 0.6) is 0 Å². The zero-order valence-electron chi connectivity index (χ0n) is 7.56. The average Bonchev–Trinajstić information content (AvgIpc) is 2.20. The first kappa shape index (κ1) is 9.67. The van der Waals surface area contributed by atoms with E-state index in [0.717, 1.165) is 0 Å². The van der Waals surface area contributed by atoms with Gasteiger partial charge in [-0.2, -0.15) is 0 Å². The van der Waals surface area contributed by atoms with E-state index in [1.54, 1.807) is 24.5 Å². The molecular formula is C9H11NO3. The van der Waals surface area contributed by atoms with Crippen molar-refractivity contribution in [3.63, 3.8) is 0 Å². The van der Waals surface area contributed by atoms with Gasteiger partial charge >= 0.3 is 5.97 Å². The Labute approximate surface area is 76.5 Å². The first-order valence-electron chi connectivity index (χ1n) is 3.80. The van der Waals surface area contributed by atoms with Gasteiger partial charge in [0.1, 0.15) is 0 Å². The van der Waals surface area contributed by atoms with Crippen molar-refractivity contribution in [2.45, 2.75) is 6.10 Å². The maximum atomic E-state index is 11.2. The van der Waals surface area contributed by atoms with Crippen LogP contribution >= 0.6 is 0 Å². The van der Waals surface area contributed by atoms with Gasteiger partial charge in [0.2, 0.25) is 0 Å². The van der Waals surface area contributed by atoms with E-state index in [2.05, 4.69) is 9.72 Å².